The molecule has 48 heavy (non-hydrogen) atoms. The first kappa shape index (κ1) is 37.7. The van der Waals surface area contributed by atoms with Crippen LogP contribution in [0, 0.1) is 11.8 Å². The van der Waals surface area contributed by atoms with Gasteiger partial charge in [-0.2, -0.15) is 0 Å². The molecule has 2 aliphatic carbocycles. The maximum absolute atomic E-state index is 13.2. The van der Waals surface area contributed by atoms with Crippen LogP contribution in [-0.4, -0.2) is 73.1 Å². The van der Waals surface area contributed by atoms with E-state index in [4.69, 9.17) is 9.47 Å². The number of rotatable bonds is 14. The van der Waals surface area contributed by atoms with Gasteiger partial charge in [0.2, 0.25) is 16.2 Å². The normalized spacial score (nSPS) is 17.8. The summed E-state index contributed by atoms with van der Waals surface area (Å²) in [4.78, 5) is 38.1. The number of amides is 3. The molecule has 0 aromatic carbocycles. The Bertz CT molecular complexity index is 1340. The Hall–Kier alpha value is -3.11. The average molecular weight is 709 g/mol. The van der Waals surface area contributed by atoms with Crippen molar-refractivity contribution >= 4 is 51.0 Å². The molecule has 268 valence electrons. The van der Waals surface area contributed by atoms with Crippen molar-refractivity contribution in [1.82, 2.24) is 31.0 Å². The van der Waals surface area contributed by atoms with Crippen LogP contribution >= 0.6 is 22.7 Å². The fourth-order valence-corrected chi connectivity index (χ4v) is 7.70. The van der Waals surface area contributed by atoms with Crippen LogP contribution in [0.5, 0.6) is 0 Å². The molecule has 2 aromatic rings. The Morgan fingerprint density at radius 2 is 1.23 bits per heavy atom. The van der Waals surface area contributed by atoms with Gasteiger partial charge < -0.3 is 30.5 Å². The fraction of sp³-hybridized carbons (Fsp3) is 0.781. The molecule has 2 aliphatic rings. The van der Waals surface area contributed by atoms with Gasteiger partial charge in [0.25, 0.3) is 0 Å². The number of nitrogens with zero attached hydrogens (tertiary/aromatic N) is 4. The van der Waals surface area contributed by atoms with Crippen molar-refractivity contribution in [3.8, 4) is 0 Å². The third kappa shape index (κ3) is 12.4. The summed E-state index contributed by atoms with van der Waals surface area (Å²) >= 11 is 2.71. The molecule has 5 N–H and O–H groups in total. The number of aromatic nitrogens is 4. The number of hydrogen-bond donors (Lipinski definition) is 5. The first-order valence-electron chi connectivity index (χ1n) is 17.0. The number of aliphatic hydroxyl groups excluding tert-OH is 1. The maximum atomic E-state index is 13.2. The van der Waals surface area contributed by atoms with Gasteiger partial charge in [-0.05, 0) is 91.9 Å². The Labute approximate surface area is 290 Å². The molecular formula is C32H52N8O6S2. The van der Waals surface area contributed by atoms with Gasteiger partial charge >= 0.3 is 12.2 Å². The summed E-state index contributed by atoms with van der Waals surface area (Å²) in [6, 6.07) is -1.21. The quantitative estimate of drug-likeness (QED) is 0.118. The van der Waals surface area contributed by atoms with E-state index in [1.54, 1.807) is 20.8 Å². The maximum Gasteiger partial charge on any atom is 0.408 e. The number of alkyl carbamates (subject to hydrolysis) is 2. The van der Waals surface area contributed by atoms with E-state index in [9.17, 15) is 19.5 Å². The predicted molar refractivity (Wildman–Crippen MR) is 185 cm³/mol. The highest BCUT2D eigenvalue weighted by molar-refractivity contribution is 7.15. The molecule has 0 aliphatic heterocycles. The summed E-state index contributed by atoms with van der Waals surface area (Å²) < 4.78 is 10.8. The van der Waals surface area contributed by atoms with Crippen LogP contribution in [0.4, 0.5) is 19.9 Å². The lowest BCUT2D eigenvalue weighted by atomic mass is 9.97. The van der Waals surface area contributed by atoms with E-state index in [2.05, 4.69) is 41.7 Å². The zero-order valence-electron chi connectivity index (χ0n) is 29.0. The Morgan fingerprint density at radius 1 is 0.750 bits per heavy atom. The summed E-state index contributed by atoms with van der Waals surface area (Å²) in [7, 11) is 0. The van der Waals surface area contributed by atoms with E-state index in [1.807, 2.05) is 20.8 Å². The van der Waals surface area contributed by atoms with E-state index in [0.717, 1.165) is 74.2 Å². The summed E-state index contributed by atoms with van der Waals surface area (Å²) in [5.41, 5.74) is -1.29. The lowest BCUT2D eigenvalue weighted by Crippen LogP contribution is -2.51. The highest BCUT2D eigenvalue weighted by Crippen LogP contribution is 2.31. The average Bonchev–Trinajstić information content (AvgIpc) is 3.80. The van der Waals surface area contributed by atoms with Gasteiger partial charge in [-0.1, -0.05) is 48.4 Å². The fourth-order valence-electron chi connectivity index (χ4n) is 6.11. The van der Waals surface area contributed by atoms with Crippen LogP contribution in [0.3, 0.4) is 0 Å². The number of anilines is 2. The van der Waals surface area contributed by atoms with Crippen LogP contribution in [-0.2, 0) is 27.1 Å². The summed E-state index contributed by atoms with van der Waals surface area (Å²) in [6.07, 6.45) is 8.66. The molecule has 4 rings (SSSR count). The predicted octanol–water partition coefficient (Wildman–Crippen LogP) is 5.79. The molecular weight excluding hydrogens is 657 g/mol. The van der Waals surface area contributed by atoms with Gasteiger partial charge in [-0.15, -0.1) is 20.4 Å². The molecule has 3 amide bonds. The Balaban J connectivity index is 1.22. The number of hydrogen-bond acceptors (Lipinski definition) is 13. The second kappa shape index (κ2) is 17.0. The van der Waals surface area contributed by atoms with Crippen LogP contribution in [0.2, 0.25) is 0 Å². The summed E-state index contributed by atoms with van der Waals surface area (Å²) in [6.45, 7) is 10.8. The zero-order chi connectivity index (χ0) is 34.9. The van der Waals surface area contributed by atoms with E-state index < -0.39 is 41.7 Å². The van der Waals surface area contributed by atoms with Crippen LogP contribution in [0.15, 0.2) is 0 Å². The molecule has 0 radical (unpaired) electrons. The number of unbranched alkanes of at least 4 members (excludes halogenated alkanes) is 1. The molecule has 0 bridgehead atoms. The van der Waals surface area contributed by atoms with E-state index in [0.29, 0.717) is 23.1 Å². The van der Waals surface area contributed by atoms with E-state index in [1.165, 1.54) is 22.7 Å². The van der Waals surface area contributed by atoms with E-state index >= 15 is 0 Å². The smallest absolute Gasteiger partial charge is 0.408 e. The first-order chi connectivity index (χ1) is 22.6. The van der Waals surface area contributed by atoms with Crippen LogP contribution in [0.25, 0.3) is 0 Å². The second-order valence-electron chi connectivity index (χ2n) is 14.7. The molecule has 2 heterocycles. The molecule has 3 atom stereocenters. The highest BCUT2D eigenvalue weighted by atomic mass is 32.1. The largest absolute Gasteiger partial charge is 0.444 e. The number of aryl methyl sites for hydroxylation is 2. The molecule has 16 heteroatoms. The summed E-state index contributed by atoms with van der Waals surface area (Å²) in [5, 5.41) is 42.0. The first-order valence-corrected chi connectivity index (χ1v) is 18.7. The molecule has 3 unspecified atom stereocenters. The minimum Gasteiger partial charge on any atom is -0.444 e. The monoisotopic (exact) mass is 708 g/mol. The van der Waals surface area contributed by atoms with Gasteiger partial charge in [0.15, 0.2) is 0 Å². The van der Waals surface area contributed by atoms with Gasteiger partial charge in [0.05, 0.1) is 6.04 Å². The Kier molecular flexibility index (Phi) is 13.4. The van der Waals surface area contributed by atoms with E-state index in [-0.39, 0.29) is 17.7 Å². The molecule has 0 saturated heterocycles. The van der Waals surface area contributed by atoms with Crippen LogP contribution in [0.1, 0.15) is 116 Å². The van der Waals surface area contributed by atoms with Crippen molar-refractivity contribution < 1.29 is 29.0 Å². The van der Waals surface area contributed by atoms with Crippen molar-refractivity contribution in [1.29, 1.82) is 0 Å². The van der Waals surface area contributed by atoms with Gasteiger partial charge in [-0.3, -0.25) is 10.1 Å². The molecule has 2 aromatic heterocycles. The molecule has 14 nitrogen and oxygen atoms in total. The molecule has 2 fully saturated rings. The third-order valence-electron chi connectivity index (χ3n) is 8.22. The Morgan fingerprint density at radius 3 is 1.77 bits per heavy atom. The van der Waals surface area contributed by atoms with Gasteiger partial charge in [0.1, 0.15) is 33.5 Å². The minimum atomic E-state index is -1.03. The van der Waals surface area contributed by atoms with Gasteiger partial charge in [-0.25, -0.2) is 9.59 Å². The lowest BCUT2D eigenvalue weighted by molar-refractivity contribution is -0.119. The number of nitrogens with one attached hydrogen (secondary N) is 4. The van der Waals surface area contributed by atoms with Crippen LogP contribution < -0.4 is 21.3 Å². The SMILES string of the molecule is CC(C)(C)OC(=O)NC(C(=O)Nc1nnc(CCCCc2nnc(NC(O)C(NC(=O)OC(C)(C)C)C3CCCC3)s2)s1)C1CCCC1. The van der Waals surface area contributed by atoms with Gasteiger partial charge in [0, 0.05) is 12.8 Å². The molecule has 2 saturated carbocycles. The highest BCUT2D eigenvalue weighted by Gasteiger charge is 2.35. The zero-order valence-corrected chi connectivity index (χ0v) is 30.6. The standard InChI is InChI=1S/C32H52N8O6S2/c1-31(2,3)45-29(43)33-23(19-13-7-8-14-19)25(41)35-27-39-37-21(47-27)17-11-12-18-22-38-40-28(48-22)36-26(42)24(20-15-9-10-16-20)34-30(44)46-32(4,5)6/h19-20,23-25,41H,7-18H2,1-6H3,(H,33,43)(H,34,44)(H,35,39)(H,36,40,42). The molecule has 0 spiro atoms. The van der Waals surface area contributed by atoms with Crippen molar-refractivity contribution in [2.24, 2.45) is 11.8 Å². The van der Waals surface area contributed by atoms with Crippen molar-refractivity contribution in [3.05, 3.63) is 10.0 Å². The summed E-state index contributed by atoms with van der Waals surface area (Å²) in [5.74, 6) is -0.118. The topological polar surface area (TPSA) is 190 Å². The number of carbonyl (C=O) groups excluding carboxylic acids is 3. The minimum absolute atomic E-state index is 0.0480. The second-order valence-corrected chi connectivity index (χ2v) is 16.8. The van der Waals surface area contributed by atoms with Crippen molar-refractivity contribution in [2.75, 3.05) is 10.6 Å². The number of aliphatic hydroxyl groups is 1. The lowest BCUT2D eigenvalue weighted by Gasteiger charge is -2.30. The number of carbonyl (C=O) groups is 3. The van der Waals surface area contributed by atoms with Crippen molar-refractivity contribution in [3.63, 3.8) is 0 Å². The third-order valence-corrected chi connectivity index (χ3v) is 10.0. The van der Waals surface area contributed by atoms with Crippen molar-refractivity contribution in [2.45, 2.75) is 148 Å². The number of ether oxygens (including phenoxy) is 2.